The zero-order chi connectivity index (χ0) is 28.6. The highest BCUT2D eigenvalue weighted by Gasteiger charge is 2.46. The molecule has 1 N–H and O–H groups in total. The van der Waals surface area contributed by atoms with Gasteiger partial charge < -0.3 is 29.1 Å². The number of methoxy groups -OCH3 is 1. The average Bonchev–Trinajstić information content (AvgIpc) is 3.23. The normalized spacial score (nSPS) is 16.3. The first-order valence-corrected chi connectivity index (χ1v) is 13.0. The largest absolute Gasteiger partial charge is 0.507 e. The van der Waals surface area contributed by atoms with Crippen molar-refractivity contribution in [1.29, 1.82) is 0 Å². The molecule has 1 saturated heterocycles. The number of likely N-dealkylation sites (tertiary alicyclic amines) is 1. The molecule has 0 spiro atoms. The van der Waals surface area contributed by atoms with Crippen LogP contribution in [0.1, 0.15) is 22.7 Å². The lowest BCUT2D eigenvalue weighted by molar-refractivity contribution is -0.140. The number of carbonyl (C=O) groups excluding carboxylic acids is 2. The van der Waals surface area contributed by atoms with E-state index in [2.05, 4.69) is 6.58 Å². The molecule has 8 nitrogen and oxygen atoms in total. The number of likely N-dealkylation sites (N-methyl/N-ethyl adjacent to an activating group) is 1. The van der Waals surface area contributed by atoms with Crippen LogP contribution in [0, 0.1) is 0 Å². The van der Waals surface area contributed by atoms with E-state index in [1.54, 1.807) is 48.5 Å². The van der Waals surface area contributed by atoms with Crippen molar-refractivity contribution in [1.82, 2.24) is 9.80 Å². The topological polar surface area (TPSA) is 88.5 Å². The number of benzene rings is 3. The monoisotopic (exact) mass is 542 g/mol. The summed E-state index contributed by atoms with van der Waals surface area (Å²) in [6, 6.07) is 21.0. The van der Waals surface area contributed by atoms with E-state index in [-0.39, 0.29) is 11.3 Å². The van der Waals surface area contributed by atoms with Crippen molar-refractivity contribution in [2.24, 2.45) is 0 Å². The Bertz CT molecular complexity index is 1380. The summed E-state index contributed by atoms with van der Waals surface area (Å²) in [5, 5.41) is 11.4. The lowest BCUT2D eigenvalue weighted by Gasteiger charge is -2.27. The van der Waals surface area contributed by atoms with E-state index < -0.39 is 17.7 Å². The van der Waals surface area contributed by atoms with Crippen molar-refractivity contribution in [2.45, 2.75) is 12.6 Å². The molecule has 40 heavy (non-hydrogen) atoms. The van der Waals surface area contributed by atoms with Gasteiger partial charge in [0, 0.05) is 18.7 Å². The third kappa shape index (κ3) is 6.35. The highest BCUT2D eigenvalue weighted by atomic mass is 16.5. The molecule has 1 atom stereocenters. The lowest BCUT2D eigenvalue weighted by Crippen LogP contribution is -2.35. The van der Waals surface area contributed by atoms with Gasteiger partial charge in [-0.1, -0.05) is 49.1 Å². The predicted molar refractivity (Wildman–Crippen MR) is 153 cm³/mol. The first-order valence-electron chi connectivity index (χ1n) is 13.0. The minimum atomic E-state index is -0.809. The van der Waals surface area contributed by atoms with Crippen molar-refractivity contribution in [2.75, 3.05) is 40.9 Å². The van der Waals surface area contributed by atoms with E-state index in [0.29, 0.717) is 54.7 Å². The minimum absolute atomic E-state index is 0.0172. The van der Waals surface area contributed by atoms with E-state index in [1.807, 2.05) is 49.3 Å². The summed E-state index contributed by atoms with van der Waals surface area (Å²) in [6.07, 6.45) is 1.63. The quantitative estimate of drug-likeness (QED) is 0.152. The average molecular weight is 543 g/mol. The van der Waals surface area contributed by atoms with Crippen LogP contribution in [0.15, 0.2) is 91.0 Å². The second-order valence-corrected chi connectivity index (χ2v) is 9.60. The van der Waals surface area contributed by atoms with Gasteiger partial charge in [0.1, 0.15) is 24.7 Å². The number of nitrogens with zero attached hydrogens (tertiary/aromatic N) is 2. The standard InChI is InChI=1S/C32H34N2O6/c1-5-19-39-26-16-13-24(20-27(26)38-4)29-28(31(36)32(37)34(29)18-17-33(2)3)30(35)23-11-14-25(15-12-23)40-21-22-9-7-6-8-10-22/h5-16,20,29,35H,1,17-19,21H2,2-4H3/b30-28+. The van der Waals surface area contributed by atoms with Gasteiger partial charge in [-0.2, -0.15) is 0 Å². The Morgan fingerprint density at radius 3 is 2.38 bits per heavy atom. The second kappa shape index (κ2) is 13.0. The SMILES string of the molecule is C=CCOc1ccc(C2/C(=C(\O)c3ccc(OCc4ccccc4)cc3)C(=O)C(=O)N2CCN(C)C)cc1OC. The van der Waals surface area contributed by atoms with Gasteiger partial charge in [-0.15, -0.1) is 0 Å². The summed E-state index contributed by atoms with van der Waals surface area (Å²) < 4.78 is 17.1. The fourth-order valence-corrected chi connectivity index (χ4v) is 4.49. The number of ketones is 1. The van der Waals surface area contributed by atoms with Crippen LogP contribution in [-0.2, 0) is 16.2 Å². The molecule has 1 heterocycles. The zero-order valence-corrected chi connectivity index (χ0v) is 23.0. The maximum Gasteiger partial charge on any atom is 0.295 e. The number of Topliss-reactive ketones (excluding diaryl/α,β-unsaturated/α-hetero) is 1. The molecule has 1 unspecified atom stereocenters. The number of carbonyl (C=O) groups is 2. The van der Waals surface area contributed by atoms with Gasteiger partial charge in [-0.3, -0.25) is 9.59 Å². The van der Waals surface area contributed by atoms with E-state index in [4.69, 9.17) is 14.2 Å². The van der Waals surface area contributed by atoms with Gasteiger partial charge in [0.15, 0.2) is 11.5 Å². The Hall–Kier alpha value is -4.56. The van der Waals surface area contributed by atoms with Crippen molar-refractivity contribution in [3.05, 3.63) is 108 Å². The van der Waals surface area contributed by atoms with Crippen molar-refractivity contribution >= 4 is 17.4 Å². The maximum atomic E-state index is 13.3. The molecule has 1 fully saturated rings. The number of aliphatic hydroxyl groups is 1. The molecular weight excluding hydrogens is 508 g/mol. The summed E-state index contributed by atoms with van der Waals surface area (Å²) in [7, 11) is 5.30. The highest BCUT2D eigenvalue weighted by molar-refractivity contribution is 6.46. The first-order chi connectivity index (χ1) is 19.3. The van der Waals surface area contributed by atoms with E-state index in [0.717, 1.165) is 5.56 Å². The Morgan fingerprint density at radius 1 is 1.00 bits per heavy atom. The van der Waals surface area contributed by atoms with E-state index >= 15 is 0 Å². The van der Waals surface area contributed by atoms with Crippen LogP contribution in [0.2, 0.25) is 0 Å². The molecular formula is C32H34N2O6. The zero-order valence-electron chi connectivity index (χ0n) is 23.0. The van der Waals surface area contributed by atoms with Gasteiger partial charge in [-0.05, 0) is 61.6 Å². The predicted octanol–water partition coefficient (Wildman–Crippen LogP) is 4.82. The second-order valence-electron chi connectivity index (χ2n) is 9.60. The van der Waals surface area contributed by atoms with Gasteiger partial charge in [-0.25, -0.2) is 0 Å². The lowest BCUT2D eigenvalue weighted by atomic mass is 9.95. The molecule has 1 amide bonds. The molecule has 4 rings (SSSR count). The fraction of sp³-hybridized carbons (Fsp3) is 0.250. The third-order valence-corrected chi connectivity index (χ3v) is 6.56. The molecule has 0 aliphatic carbocycles. The number of hydrogen-bond acceptors (Lipinski definition) is 7. The Kier molecular flexibility index (Phi) is 9.24. The molecule has 0 saturated carbocycles. The van der Waals surface area contributed by atoms with Crippen LogP contribution in [-0.4, -0.2) is 67.5 Å². The summed E-state index contributed by atoms with van der Waals surface area (Å²) >= 11 is 0. The molecule has 0 aromatic heterocycles. The summed E-state index contributed by atoms with van der Waals surface area (Å²) in [5.74, 6) is -0.0989. The Morgan fingerprint density at radius 2 is 1.73 bits per heavy atom. The molecule has 3 aromatic rings. The molecule has 0 bridgehead atoms. The van der Waals surface area contributed by atoms with Crippen molar-refractivity contribution < 1.29 is 28.9 Å². The minimum Gasteiger partial charge on any atom is -0.507 e. The van der Waals surface area contributed by atoms with Crippen LogP contribution in [0.5, 0.6) is 17.2 Å². The van der Waals surface area contributed by atoms with Crippen LogP contribution in [0.4, 0.5) is 0 Å². The number of amides is 1. The van der Waals surface area contributed by atoms with Crippen molar-refractivity contribution in [3.63, 3.8) is 0 Å². The number of aliphatic hydroxyl groups excluding tert-OH is 1. The van der Waals surface area contributed by atoms with Crippen LogP contribution >= 0.6 is 0 Å². The molecule has 208 valence electrons. The molecule has 1 aliphatic rings. The van der Waals surface area contributed by atoms with Gasteiger partial charge in [0.25, 0.3) is 11.7 Å². The van der Waals surface area contributed by atoms with Crippen LogP contribution < -0.4 is 14.2 Å². The number of ether oxygens (including phenoxy) is 3. The molecule has 1 aliphatic heterocycles. The van der Waals surface area contributed by atoms with Crippen LogP contribution in [0.3, 0.4) is 0 Å². The van der Waals surface area contributed by atoms with Crippen LogP contribution in [0.25, 0.3) is 5.76 Å². The van der Waals surface area contributed by atoms with Crippen molar-refractivity contribution in [3.8, 4) is 17.2 Å². The first kappa shape index (κ1) is 28.4. The van der Waals surface area contributed by atoms with Gasteiger partial charge >= 0.3 is 0 Å². The summed E-state index contributed by atoms with van der Waals surface area (Å²) in [5.41, 5.74) is 2.07. The third-order valence-electron chi connectivity index (χ3n) is 6.56. The van der Waals surface area contributed by atoms with Gasteiger partial charge in [0.2, 0.25) is 0 Å². The maximum absolute atomic E-state index is 13.3. The summed E-state index contributed by atoms with van der Waals surface area (Å²) in [6.45, 7) is 5.19. The fourth-order valence-electron chi connectivity index (χ4n) is 4.49. The van der Waals surface area contributed by atoms with Gasteiger partial charge in [0.05, 0.1) is 18.7 Å². The molecule has 0 radical (unpaired) electrons. The molecule has 3 aromatic carbocycles. The molecule has 8 heteroatoms. The summed E-state index contributed by atoms with van der Waals surface area (Å²) in [4.78, 5) is 30.0. The highest BCUT2D eigenvalue weighted by Crippen LogP contribution is 2.42. The number of rotatable bonds is 12. The Balaban J connectivity index is 1.70. The van der Waals surface area contributed by atoms with E-state index in [1.165, 1.54) is 12.0 Å². The van der Waals surface area contributed by atoms with E-state index in [9.17, 15) is 14.7 Å². The smallest absolute Gasteiger partial charge is 0.295 e. The number of hydrogen-bond donors (Lipinski definition) is 1. The Labute approximate surface area is 234 Å².